The van der Waals surface area contributed by atoms with Crippen molar-refractivity contribution >= 4 is 34.3 Å². The van der Waals surface area contributed by atoms with Crippen LogP contribution < -0.4 is 5.63 Å². The summed E-state index contributed by atoms with van der Waals surface area (Å²) in [5, 5.41) is 148. The molecule has 1 saturated heterocycles. The van der Waals surface area contributed by atoms with E-state index in [1.54, 1.807) is 0 Å². The number of ketones is 2. The first kappa shape index (κ1) is 41.5. The van der Waals surface area contributed by atoms with Crippen molar-refractivity contribution in [1.29, 1.82) is 0 Å². The maximum atomic E-state index is 14.4. The Labute approximate surface area is 346 Å². The fourth-order valence-electron chi connectivity index (χ4n) is 7.65. The number of aromatic hydroxyl groups is 12. The molecule has 2 bridgehead atoms. The molecule has 0 radical (unpaired) electrons. The highest BCUT2D eigenvalue weighted by molar-refractivity contribution is 6.09. The van der Waals surface area contributed by atoms with Gasteiger partial charge in [-0.25, -0.2) is 14.4 Å². The summed E-state index contributed by atoms with van der Waals surface area (Å²) in [7, 11) is 0. The third-order valence-electron chi connectivity index (χ3n) is 10.7. The maximum absolute atomic E-state index is 14.4. The lowest BCUT2D eigenvalue weighted by Gasteiger charge is -2.47. The molecule has 2 aliphatic heterocycles. The second-order valence-corrected chi connectivity index (χ2v) is 14.4. The number of esters is 2. The monoisotopic (exact) mass is 880 g/mol. The van der Waals surface area contributed by atoms with Crippen LogP contribution in [0.15, 0.2) is 39.5 Å². The van der Waals surface area contributed by atoms with Crippen LogP contribution in [0.3, 0.4) is 0 Å². The zero-order valence-electron chi connectivity index (χ0n) is 31.0. The molecule has 0 amide bonds. The number of aliphatic hydroxyl groups is 2. The Hall–Kier alpha value is -8.19. The van der Waals surface area contributed by atoms with Gasteiger partial charge in [0, 0.05) is 34.1 Å². The summed E-state index contributed by atoms with van der Waals surface area (Å²) in [6, 6.07) is 2.53. The number of carbonyl (C=O) groups excluding carboxylic acids is 4. The van der Waals surface area contributed by atoms with E-state index in [1.165, 1.54) is 0 Å². The minimum Gasteiger partial charge on any atom is -0.504 e. The normalized spacial score (nSPS) is 23.1. The van der Waals surface area contributed by atoms with Crippen molar-refractivity contribution < 1.29 is 114 Å². The van der Waals surface area contributed by atoms with E-state index >= 15 is 0 Å². The van der Waals surface area contributed by atoms with Crippen LogP contribution in [0.25, 0.3) is 21.9 Å². The van der Waals surface area contributed by atoms with E-state index in [1.807, 2.05) is 0 Å². The molecule has 63 heavy (non-hydrogen) atoms. The second kappa shape index (κ2) is 14.2. The first-order valence-corrected chi connectivity index (χ1v) is 17.8. The van der Waals surface area contributed by atoms with Crippen molar-refractivity contribution in [2.45, 2.75) is 42.7 Å². The lowest BCUT2D eigenvalue weighted by atomic mass is 9.86. The van der Waals surface area contributed by atoms with Crippen molar-refractivity contribution in [1.82, 2.24) is 0 Å². The van der Waals surface area contributed by atoms with Crippen LogP contribution in [0.4, 0.5) is 0 Å². The van der Waals surface area contributed by atoms with Gasteiger partial charge >= 0.3 is 17.6 Å². The first-order chi connectivity index (χ1) is 29.6. The number of fused-ring (bicyclic) bond motifs is 8. The van der Waals surface area contributed by atoms with Crippen molar-refractivity contribution in [3.63, 3.8) is 0 Å². The fraction of sp³-hybridized carbons (Fsp3) is 0.205. The number of hydrogen-bond acceptors (Lipinski definition) is 24. The molecule has 1 unspecified atom stereocenters. The molecule has 1 fully saturated rings. The van der Waals surface area contributed by atoms with Crippen LogP contribution in [-0.2, 0) is 18.9 Å². The van der Waals surface area contributed by atoms with E-state index in [-0.39, 0.29) is 0 Å². The summed E-state index contributed by atoms with van der Waals surface area (Å²) < 4.78 is 28.0. The number of phenols is 12. The zero-order valence-corrected chi connectivity index (χ0v) is 31.0. The fourth-order valence-corrected chi connectivity index (χ4v) is 7.65. The Morgan fingerprint density at radius 1 is 0.667 bits per heavy atom. The summed E-state index contributed by atoms with van der Waals surface area (Å²) >= 11 is 0. The van der Waals surface area contributed by atoms with Crippen molar-refractivity contribution in [2.24, 2.45) is 0 Å². The van der Waals surface area contributed by atoms with Gasteiger partial charge in [-0.1, -0.05) is 0 Å². The number of hydrogen-bond donors (Lipinski definition) is 14. The quantitative estimate of drug-likeness (QED) is 0.0670. The average Bonchev–Trinajstić information content (AvgIpc) is 3.54. The number of carbonyl (C=O) groups is 4. The molecule has 24 nitrogen and oxygen atoms in total. The van der Waals surface area contributed by atoms with E-state index in [4.69, 9.17) is 23.4 Å². The van der Waals surface area contributed by atoms with Crippen LogP contribution in [-0.4, -0.2) is 132 Å². The standard InChI is InChI=1S/C39H28O24/c40-12-1-8(2-13(41)24(12)46)34(53)39(58)35(54)33-32(60-18-6-17(45)31-23(18)22-11(37(56)61-31)5-16(44)27(49)30(22)52)19(63-39)7-59-36(55)9-3-14(42)25(47)28(50)20(9)21-10(38(57)62-33)4-15(43)26(48)29(21)51/h1-5,18-19,32-33,35,40-44,46-52,54,58H,6-7H2/t18?,19-,32-,33+,35-,39-/m1/s1. The number of Topliss-reactive ketones (excluding diaryl/α,β-unsaturated/α-hetero) is 2. The lowest BCUT2D eigenvalue weighted by molar-refractivity contribution is -0.331. The van der Waals surface area contributed by atoms with Gasteiger partial charge in [0.15, 0.2) is 69.7 Å². The van der Waals surface area contributed by atoms with Gasteiger partial charge in [0.05, 0.1) is 22.6 Å². The summed E-state index contributed by atoms with van der Waals surface area (Å²) in [5.74, 6) is -25.6. The van der Waals surface area contributed by atoms with Crippen molar-refractivity contribution in [3.05, 3.63) is 68.8 Å². The molecule has 0 spiro atoms. The van der Waals surface area contributed by atoms with Crippen LogP contribution >= 0.6 is 0 Å². The number of phenolic OH excluding ortho intramolecular Hbond substituents is 12. The molecule has 24 heteroatoms. The Kier molecular flexibility index (Phi) is 9.36. The van der Waals surface area contributed by atoms with Crippen LogP contribution in [0.5, 0.6) is 69.0 Å². The van der Waals surface area contributed by atoms with E-state index in [9.17, 15) is 95.5 Å². The highest BCUT2D eigenvalue weighted by Crippen LogP contribution is 2.54. The third kappa shape index (κ3) is 6.11. The molecule has 328 valence electrons. The highest BCUT2D eigenvalue weighted by Gasteiger charge is 2.61. The minimum atomic E-state index is -3.73. The number of aliphatic hydroxyl groups excluding tert-OH is 1. The van der Waals surface area contributed by atoms with Gasteiger partial charge in [-0.2, -0.15) is 0 Å². The zero-order chi connectivity index (χ0) is 45.9. The highest BCUT2D eigenvalue weighted by atomic mass is 16.7. The number of rotatable bonds is 4. The molecule has 4 aromatic carbocycles. The van der Waals surface area contributed by atoms with Gasteiger partial charge in [0.1, 0.15) is 18.8 Å². The molecular weight excluding hydrogens is 852 g/mol. The van der Waals surface area contributed by atoms with Crippen molar-refractivity contribution in [3.8, 4) is 80.1 Å². The Balaban J connectivity index is 1.35. The Bertz CT molecular complexity index is 2930. The van der Waals surface area contributed by atoms with Gasteiger partial charge in [-0.15, -0.1) is 0 Å². The molecule has 6 atom stereocenters. The number of benzene rings is 4. The summed E-state index contributed by atoms with van der Waals surface area (Å²) in [6.07, 6.45) is -12.7. The molecule has 5 aromatic rings. The predicted molar refractivity (Wildman–Crippen MR) is 197 cm³/mol. The average molecular weight is 881 g/mol. The largest absolute Gasteiger partial charge is 0.504 e. The van der Waals surface area contributed by atoms with Gasteiger partial charge in [-0.3, -0.25) is 9.59 Å². The van der Waals surface area contributed by atoms with Crippen LogP contribution in [0.1, 0.15) is 59.7 Å². The SMILES string of the molecule is O=C1OC[C@H]2O[C@](O)(C(=O)c3cc(O)c(O)c(O)c3)[C@H](O)[C@@H](OC(=O)c3cc(O)c(O)c(O)c3-c3c1cc(O)c(O)c3O)[C@@H]2OC1CC(=O)c2oc(=O)c3cc(O)c(O)c(O)c3c21. The maximum Gasteiger partial charge on any atom is 0.344 e. The smallest absolute Gasteiger partial charge is 0.344 e. The van der Waals surface area contributed by atoms with Crippen LogP contribution in [0.2, 0.25) is 0 Å². The van der Waals surface area contributed by atoms with Crippen molar-refractivity contribution in [2.75, 3.05) is 6.61 Å². The minimum absolute atomic E-state index is 0.389. The van der Waals surface area contributed by atoms with E-state index < -0.39 is 197 Å². The topological polar surface area (TPSA) is 419 Å². The molecule has 3 heterocycles. The van der Waals surface area contributed by atoms with Crippen LogP contribution in [0, 0.1) is 0 Å². The Morgan fingerprint density at radius 2 is 1.19 bits per heavy atom. The molecule has 1 aliphatic carbocycles. The third-order valence-corrected chi connectivity index (χ3v) is 10.7. The molecule has 0 saturated carbocycles. The van der Waals surface area contributed by atoms with Gasteiger partial charge in [0.2, 0.25) is 28.8 Å². The second-order valence-electron chi connectivity index (χ2n) is 14.4. The lowest BCUT2D eigenvalue weighted by Crippen LogP contribution is -2.69. The summed E-state index contributed by atoms with van der Waals surface area (Å²) in [4.78, 5) is 68.6. The molecule has 1 aromatic heterocycles. The predicted octanol–water partition coefficient (Wildman–Crippen LogP) is 0.667. The molecule has 14 N–H and O–H groups in total. The number of ether oxygens (including phenoxy) is 4. The molecule has 3 aliphatic rings. The van der Waals surface area contributed by atoms with E-state index in [2.05, 4.69) is 0 Å². The van der Waals surface area contributed by atoms with Gasteiger partial charge in [-0.05, 0) is 30.3 Å². The first-order valence-electron chi connectivity index (χ1n) is 17.8. The summed E-state index contributed by atoms with van der Waals surface area (Å²) in [6.45, 7) is -1.30. The summed E-state index contributed by atoms with van der Waals surface area (Å²) in [5.41, 5.74) is -6.95. The van der Waals surface area contributed by atoms with Gasteiger partial charge in [0.25, 0.3) is 5.79 Å². The van der Waals surface area contributed by atoms with E-state index in [0.29, 0.717) is 30.3 Å². The number of cyclic esters (lactones) is 1. The molecule has 8 rings (SSSR count). The van der Waals surface area contributed by atoms with Gasteiger partial charge < -0.3 is 94.9 Å². The Morgan fingerprint density at radius 3 is 1.78 bits per heavy atom. The molecular formula is C39H28O24. The van der Waals surface area contributed by atoms with E-state index in [0.717, 1.165) is 0 Å².